The molecule has 0 amide bonds. The van der Waals surface area contributed by atoms with Gasteiger partial charge in [-0.25, -0.2) is 9.37 Å². The van der Waals surface area contributed by atoms with Crippen LogP contribution in [0.2, 0.25) is 0 Å². The molecule has 2 bridgehead atoms. The number of piperidine rings is 2. The zero-order chi connectivity index (χ0) is 21.8. The fourth-order valence-corrected chi connectivity index (χ4v) is 4.96. The Morgan fingerprint density at radius 1 is 1.16 bits per heavy atom. The normalized spacial score (nSPS) is 30.5. The lowest BCUT2D eigenvalue weighted by atomic mass is 9.60. The second-order valence-electron chi connectivity index (χ2n) is 9.24. The van der Waals surface area contributed by atoms with Crippen LogP contribution in [0.5, 0.6) is 11.6 Å². The average molecular weight is 423 g/mol. The summed E-state index contributed by atoms with van der Waals surface area (Å²) < 4.78 is 23.3. The van der Waals surface area contributed by atoms with Crippen LogP contribution in [-0.4, -0.2) is 61.2 Å². The number of halogens is 1. The third-order valence-corrected chi connectivity index (χ3v) is 7.17. The molecule has 31 heavy (non-hydrogen) atoms. The molecule has 3 aromatic rings. The summed E-state index contributed by atoms with van der Waals surface area (Å²) in [6, 6.07) is 8.72. The molecule has 2 aromatic heterocycles. The number of fused-ring (bicyclic) bond motifs is 3. The lowest BCUT2D eigenvalue weighted by molar-refractivity contribution is -0.177. The van der Waals surface area contributed by atoms with Crippen molar-refractivity contribution in [2.45, 2.75) is 44.5 Å². The second kappa shape index (κ2) is 7.02. The fourth-order valence-electron chi connectivity index (χ4n) is 4.96. The number of imidazole rings is 1. The minimum Gasteiger partial charge on any atom is -0.507 e. The molecule has 0 unspecified atom stereocenters. The molecule has 6 rings (SSSR count). The number of hydrogen-bond acceptors (Lipinski definition) is 6. The van der Waals surface area contributed by atoms with Gasteiger partial charge in [-0.2, -0.15) is 0 Å². The minimum atomic E-state index is -1.11. The summed E-state index contributed by atoms with van der Waals surface area (Å²) >= 11 is 0. The molecule has 1 aliphatic carbocycles. The first-order chi connectivity index (χ1) is 14.8. The van der Waals surface area contributed by atoms with Crippen LogP contribution in [-0.2, 0) is 0 Å². The Bertz CT molecular complexity index is 1090. The van der Waals surface area contributed by atoms with Crippen molar-refractivity contribution < 1.29 is 14.2 Å². The maximum Gasteiger partial charge on any atom is 0.233 e. The fraction of sp³-hybridized carbons (Fsp3) is 0.435. The van der Waals surface area contributed by atoms with Crippen molar-refractivity contribution >= 4 is 0 Å². The molecule has 3 aliphatic rings. The van der Waals surface area contributed by atoms with Crippen LogP contribution in [0.25, 0.3) is 16.9 Å². The number of phenols is 1. The lowest BCUT2D eigenvalue weighted by Crippen LogP contribution is -2.72. The largest absolute Gasteiger partial charge is 0.507 e. The molecule has 4 heterocycles. The van der Waals surface area contributed by atoms with E-state index in [0.29, 0.717) is 17.1 Å². The van der Waals surface area contributed by atoms with Gasteiger partial charge in [0.05, 0.1) is 23.2 Å². The first kappa shape index (κ1) is 19.9. The summed E-state index contributed by atoms with van der Waals surface area (Å²) in [5, 5.41) is 18.9. The molecule has 8 heteroatoms. The molecule has 1 aromatic carbocycles. The monoisotopic (exact) mass is 423 g/mol. The van der Waals surface area contributed by atoms with Gasteiger partial charge in [-0.05, 0) is 45.0 Å². The van der Waals surface area contributed by atoms with Crippen LogP contribution in [0, 0.1) is 5.41 Å². The summed E-state index contributed by atoms with van der Waals surface area (Å²) in [6.07, 6.45) is 5.21. The van der Waals surface area contributed by atoms with E-state index in [1.54, 1.807) is 47.6 Å². The van der Waals surface area contributed by atoms with Gasteiger partial charge >= 0.3 is 0 Å². The maximum absolute atomic E-state index is 15.4. The standard InChI is InChI=1S/C23H26FN5O2/c1-22-8-9-23(2,28(3)13-22)20(24)21(22)31-19-7-6-17(26-27-19)16-5-4-15(12-18(16)30)29-11-10-25-14-29/h4-7,10-12,14,20-21,30H,8-9,13H2,1-3H3/t20-,21+,22+,23+/m1/s1. The van der Waals surface area contributed by atoms with Gasteiger partial charge in [-0.3, -0.25) is 4.90 Å². The Labute approximate surface area is 180 Å². The summed E-state index contributed by atoms with van der Waals surface area (Å²) in [5.41, 5.74) is 1.08. The quantitative estimate of drug-likeness (QED) is 0.691. The van der Waals surface area contributed by atoms with Crippen LogP contribution in [0.4, 0.5) is 4.39 Å². The van der Waals surface area contributed by atoms with Crippen molar-refractivity contribution in [2.75, 3.05) is 13.6 Å². The second-order valence-corrected chi connectivity index (χ2v) is 9.24. The van der Waals surface area contributed by atoms with E-state index in [1.165, 1.54) is 0 Å². The van der Waals surface area contributed by atoms with E-state index in [1.807, 2.05) is 20.0 Å². The average Bonchev–Trinajstić information content (AvgIpc) is 3.29. The number of alkyl halides is 1. The molecule has 1 N–H and O–H groups in total. The highest BCUT2D eigenvalue weighted by Gasteiger charge is 2.61. The minimum absolute atomic E-state index is 0.0889. The van der Waals surface area contributed by atoms with E-state index in [4.69, 9.17) is 4.74 Å². The first-order valence-corrected chi connectivity index (χ1v) is 10.5. The predicted molar refractivity (Wildman–Crippen MR) is 114 cm³/mol. The van der Waals surface area contributed by atoms with E-state index >= 15 is 4.39 Å². The van der Waals surface area contributed by atoms with Crippen LogP contribution >= 0.6 is 0 Å². The number of aromatic nitrogens is 4. The number of nitrogens with zero attached hydrogens (tertiary/aromatic N) is 5. The van der Waals surface area contributed by atoms with Gasteiger partial charge in [0.15, 0.2) is 6.17 Å². The highest BCUT2D eigenvalue weighted by atomic mass is 19.1. The molecular formula is C23H26FN5O2. The molecule has 0 spiro atoms. The Kier molecular flexibility index (Phi) is 4.51. The SMILES string of the molecule is CN1C[C@]2(C)CC[C@@]1(C)[C@H](F)[C@@H]2Oc1ccc(-c2ccc(-n3ccnc3)cc2O)nn1. The molecule has 2 aliphatic heterocycles. The molecule has 3 fully saturated rings. The number of benzene rings is 1. The third-order valence-electron chi connectivity index (χ3n) is 7.17. The third kappa shape index (κ3) is 3.17. The molecule has 4 atom stereocenters. The van der Waals surface area contributed by atoms with E-state index in [0.717, 1.165) is 25.1 Å². The number of ether oxygens (including phenoxy) is 1. The molecule has 2 saturated heterocycles. The van der Waals surface area contributed by atoms with Gasteiger partial charge < -0.3 is 14.4 Å². The lowest BCUT2D eigenvalue weighted by Gasteiger charge is -2.61. The summed E-state index contributed by atoms with van der Waals surface area (Å²) in [4.78, 5) is 6.13. The number of aromatic hydroxyl groups is 1. The van der Waals surface area contributed by atoms with E-state index in [-0.39, 0.29) is 11.2 Å². The highest BCUT2D eigenvalue weighted by molar-refractivity contribution is 5.68. The maximum atomic E-state index is 15.4. The van der Waals surface area contributed by atoms with Crippen molar-refractivity contribution in [3.05, 3.63) is 49.1 Å². The van der Waals surface area contributed by atoms with Crippen molar-refractivity contribution in [3.63, 3.8) is 0 Å². The van der Waals surface area contributed by atoms with E-state index in [9.17, 15) is 5.11 Å². The van der Waals surface area contributed by atoms with Gasteiger partial charge in [0.2, 0.25) is 5.88 Å². The molecule has 1 saturated carbocycles. The van der Waals surface area contributed by atoms with Crippen molar-refractivity contribution in [1.82, 2.24) is 24.6 Å². The smallest absolute Gasteiger partial charge is 0.233 e. The Morgan fingerprint density at radius 2 is 2.00 bits per heavy atom. The van der Waals surface area contributed by atoms with Crippen molar-refractivity contribution in [1.29, 1.82) is 0 Å². The predicted octanol–water partition coefficient (Wildman–Crippen LogP) is 3.62. The van der Waals surface area contributed by atoms with Crippen molar-refractivity contribution in [2.24, 2.45) is 5.41 Å². The van der Waals surface area contributed by atoms with Gasteiger partial charge in [0.25, 0.3) is 0 Å². The summed E-state index contributed by atoms with van der Waals surface area (Å²) in [6.45, 7) is 4.84. The highest BCUT2D eigenvalue weighted by Crippen LogP contribution is 2.51. The van der Waals surface area contributed by atoms with Crippen LogP contribution in [0.3, 0.4) is 0 Å². The Morgan fingerprint density at radius 3 is 2.65 bits per heavy atom. The van der Waals surface area contributed by atoms with Crippen molar-refractivity contribution in [3.8, 4) is 28.6 Å². The number of phenolic OH excluding ortho intramolecular Hbond substituents is 1. The summed E-state index contributed by atoms with van der Waals surface area (Å²) in [7, 11) is 1.99. The zero-order valence-corrected chi connectivity index (χ0v) is 17.9. The number of hydrogen-bond donors (Lipinski definition) is 1. The van der Waals surface area contributed by atoms with Gasteiger partial charge in [-0.1, -0.05) is 6.92 Å². The van der Waals surface area contributed by atoms with E-state index in [2.05, 4.69) is 27.0 Å². The van der Waals surface area contributed by atoms with Gasteiger partial charge in [0, 0.05) is 42.0 Å². The van der Waals surface area contributed by atoms with Crippen LogP contribution in [0.15, 0.2) is 49.1 Å². The Balaban J connectivity index is 1.36. The van der Waals surface area contributed by atoms with Crippen LogP contribution < -0.4 is 4.74 Å². The topological polar surface area (TPSA) is 76.3 Å². The molecular weight excluding hydrogens is 397 g/mol. The number of rotatable bonds is 4. The van der Waals surface area contributed by atoms with Gasteiger partial charge in [-0.15, -0.1) is 10.2 Å². The summed E-state index contributed by atoms with van der Waals surface area (Å²) in [5.74, 6) is 0.386. The van der Waals surface area contributed by atoms with Gasteiger partial charge in [0.1, 0.15) is 11.9 Å². The van der Waals surface area contributed by atoms with Crippen LogP contribution in [0.1, 0.15) is 26.7 Å². The Hall–Kier alpha value is -3.00. The molecule has 162 valence electrons. The van der Waals surface area contributed by atoms with E-state index < -0.39 is 17.8 Å². The first-order valence-electron chi connectivity index (χ1n) is 10.5. The zero-order valence-electron chi connectivity index (χ0n) is 17.9. The molecule has 7 nitrogen and oxygen atoms in total. The molecule has 0 radical (unpaired) electrons.